The molecule has 124 valence electrons. The molecule has 0 N–H and O–H groups in total. The first-order valence-corrected chi connectivity index (χ1v) is 8.04. The maximum absolute atomic E-state index is 12.0. The van der Waals surface area contributed by atoms with Crippen molar-refractivity contribution in [2.24, 2.45) is 0 Å². The molecule has 0 radical (unpaired) electrons. The number of rotatable bonds is 3. The highest BCUT2D eigenvalue weighted by atomic mass is 35.5. The van der Waals surface area contributed by atoms with Crippen LogP contribution in [0.25, 0.3) is 16.8 Å². The zero-order valence-corrected chi connectivity index (χ0v) is 14.8. The molecule has 2 aromatic heterocycles. The van der Waals surface area contributed by atoms with Gasteiger partial charge in [-0.2, -0.15) is 5.10 Å². The van der Waals surface area contributed by atoms with Crippen LogP contribution in [0.2, 0.25) is 10.0 Å². The van der Waals surface area contributed by atoms with Crippen molar-refractivity contribution in [3.05, 3.63) is 45.3 Å². The topological polar surface area (TPSA) is 69.4 Å². The Hall–Kier alpha value is -2.18. The lowest BCUT2D eigenvalue weighted by Gasteiger charge is -2.06. The molecule has 0 unspecified atom stereocenters. The molecule has 0 saturated heterocycles. The number of hydrogen-bond acceptors (Lipinski definition) is 5. The molecule has 0 saturated carbocycles. The van der Waals surface area contributed by atoms with Gasteiger partial charge in [0.2, 0.25) is 0 Å². The fourth-order valence-corrected chi connectivity index (χ4v) is 2.79. The van der Waals surface area contributed by atoms with Gasteiger partial charge in [0.1, 0.15) is 0 Å². The second-order valence-electron chi connectivity index (χ2n) is 5.18. The number of carbonyl (C=O) groups is 1. The SMILES string of the molecule is CCOC(=O)c1nnc2c(-c3ccc(Cl)c(Cl)c3)c(C)nn2c1C. The van der Waals surface area contributed by atoms with E-state index in [0.717, 1.165) is 16.8 Å². The molecule has 3 rings (SSSR count). The highest BCUT2D eigenvalue weighted by Crippen LogP contribution is 2.32. The Balaban J connectivity index is 2.21. The minimum atomic E-state index is -0.520. The van der Waals surface area contributed by atoms with Gasteiger partial charge in [0.25, 0.3) is 0 Å². The highest BCUT2D eigenvalue weighted by molar-refractivity contribution is 6.42. The van der Waals surface area contributed by atoms with Crippen molar-refractivity contribution in [3.8, 4) is 11.1 Å². The maximum atomic E-state index is 12.0. The number of nitrogens with zero attached hydrogens (tertiary/aromatic N) is 4. The largest absolute Gasteiger partial charge is 0.461 e. The zero-order valence-electron chi connectivity index (χ0n) is 13.3. The van der Waals surface area contributed by atoms with E-state index in [1.165, 1.54) is 0 Å². The molecule has 0 fully saturated rings. The quantitative estimate of drug-likeness (QED) is 0.659. The van der Waals surface area contributed by atoms with E-state index in [9.17, 15) is 4.79 Å². The van der Waals surface area contributed by atoms with Crippen molar-refractivity contribution < 1.29 is 9.53 Å². The Morgan fingerprint density at radius 1 is 1.21 bits per heavy atom. The van der Waals surface area contributed by atoms with Crippen molar-refractivity contribution in [2.45, 2.75) is 20.8 Å². The molecule has 24 heavy (non-hydrogen) atoms. The van der Waals surface area contributed by atoms with E-state index in [-0.39, 0.29) is 12.3 Å². The van der Waals surface area contributed by atoms with Crippen molar-refractivity contribution >= 4 is 34.8 Å². The number of halogens is 2. The Kier molecular flexibility index (Phi) is 4.43. The molecular formula is C16H14Cl2N4O2. The summed E-state index contributed by atoms with van der Waals surface area (Å²) in [7, 11) is 0. The first-order valence-electron chi connectivity index (χ1n) is 7.29. The van der Waals surface area contributed by atoms with E-state index < -0.39 is 5.97 Å². The van der Waals surface area contributed by atoms with Crippen molar-refractivity contribution in [1.82, 2.24) is 19.8 Å². The van der Waals surface area contributed by atoms with Crippen LogP contribution in [0.1, 0.15) is 28.8 Å². The van der Waals surface area contributed by atoms with Gasteiger partial charge in [-0.05, 0) is 38.5 Å². The summed E-state index contributed by atoms with van der Waals surface area (Å²) in [4.78, 5) is 12.0. The van der Waals surface area contributed by atoms with Crippen LogP contribution in [-0.4, -0.2) is 32.4 Å². The van der Waals surface area contributed by atoms with Crippen LogP contribution >= 0.6 is 23.2 Å². The second kappa shape index (κ2) is 6.37. The summed E-state index contributed by atoms with van der Waals surface area (Å²) in [5.41, 5.74) is 3.61. The number of aryl methyl sites for hydroxylation is 2. The van der Waals surface area contributed by atoms with E-state index in [2.05, 4.69) is 15.3 Å². The van der Waals surface area contributed by atoms with Gasteiger partial charge in [-0.15, -0.1) is 10.2 Å². The summed E-state index contributed by atoms with van der Waals surface area (Å²) in [5.74, 6) is -0.520. The molecule has 0 atom stereocenters. The van der Waals surface area contributed by atoms with Gasteiger partial charge in [-0.3, -0.25) is 0 Å². The summed E-state index contributed by atoms with van der Waals surface area (Å²) in [6.07, 6.45) is 0. The molecule has 2 heterocycles. The number of benzene rings is 1. The Bertz CT molecular complexity index is 953. The van der Waals surface area contributed by atoms with Crippen molar-refractivity contribution in [1.29, 1.82) is 0 Å². The third-order valence-corrected chi connectivity index (χ3v) is 4.36. The number of aromatic nitrogens is 4. The normalized spacial score (nSPS) is 11.0. The number of esters is 1. The van der Waals surface area contributed by atoms with Crippen molar-refractivity contribution in [2.75, 3.05) is 6.61 Å². The van der Waals surface area contributed by atoms with Gasteiger partial charge < -0.3 is 4.74 Å². The van der Waals surface area contributed by atoms with Crippen LogP contribution in [0.15, 0.2) is 18.2 Å². The van der Waals surface area contributed by atoms with Gasteiger partial charge >= 0.3 is 5.97 Å². The minimum Gasteiger partial charge on any atom is -0.461 e. The first kappa shape index (κ1) is 16.7. The van der Waals surface area contributed by atoms with E-state index in [0.29, 0.717) is 21.4 Å². The monoisotopic (exact) mass is 364 g/mol. The van der Waals surface area contributed by atoms with Gasteiger partial charge in [0.15, 0.2) is 11.3 Å². The standard InChI is InChI=1S/C16H14Cl2N4O2/c1-4-24-16(23)14-9(3)22-15(20-19-14)13(8(2)21-22)10-5-6-11(17)12(18)7-10/h5-7H,4H2,1-3H3. The summed E-state index contributed by atoms with van der Waals surface area (Å²) in [5, 5.41) is 13.6. The number of hydrogen-bond donors (Lipinski definition) is 0. The summed E-state index contributed by atoms with van der Waals surface area (Å²) in [6.45, 7) is 5.61. The molecular weight excluding hydrogens is 351 g/mol. The first-order chi connectivity index (χ1) is 11.4. The summed E-state index contributed by atoms with van der Waals surface area (Å²) in [6, 6.07) is 5.31. The lowest BCUT2D eigenvalue weighted by atomic mass is 10.1. The second-order valence-corrected chi connectivity index (χ2v) is 5.99. The molecule has 1 aromatic carbocycles. The molecule has 0 bridgehead atoms. The van der Waals surface area contributed by atoms with Gasteiger partial charge in [0, 0.05) is 0 Å². The van der Waals surface area contributed by atoms with E-state index in [1.807, 2.05) is 13.0 Å². The Morgan fingerprint density at radius 3 is 2.62 bits per heavy atom. The smallest absolute Gasteiger partial charge is 0.360 e. The number of carbonyl (C=O) groups excluding carboxylic acids is 1. The molecule has 3 aromatic rings. The third kappa shape index (κ3) is 2.72. The van der Waals surface area contributed by atoms with Crippen LogP contribution in [0, 0.1) is 13.8 Å². The maximum Gasteiger partial charge on any atom is 0.360 e. The molecule has 0 spiro atoms. The van der Waals surface area contributed by atoms with Crippen LogP contribution in [0.4, 0.5) is 0 Å². The third-order valence-electron chi connectivity index (χ3n) is 3.62. The number of ether oxygens (including phenoxy) is 1. The van der Waals surface area contributed by atoms with E-state index >= 15 is 0 Å². The molecule has 0 amide bonds. The molecule has 0 aliphatic rings. The predicted molar refractivity (Wildman–Crippen MR) is 91.7 cm³/mol. The fraction of sp³-hybridized carbons (Fsp3) is 0.250. The van der Waals surface area contributed by atoms with Gasteiger partial charge in [-0.1, -0.05) is 29.3 Å². The average molecular weight is 365 g/mol. The zero-order chi connectivity index (χ0) is 17.4. The minimum absolute atomic E-state index is 0.146. The molecule has 0 aliphatic carbocycles. The Labute approximate surface area is 148 Å². The fourth-order valence-electron chi connectivity index (χ4n) is 2.49. The van der Waals surface area contributed by atoms with E-state index in [1.54, 1.807) is 30.5 Å². The van der Waals surface area contributed by atoms with Crippen molar-refractivity contribution in [3.63, 3.8) is 0 Å². The molecule has 6 nitrogen and oxygen atoms in total. The predicted octanol–water partition coefficient (Wildman–Crippen LogP) is 3.89. The molecule has 0 aliphatic heterocycles. The van der Waals surface area contributed by atoms with Crippen LogP contribution in [0.3, 0.4) is 0 Å². The summed E-state index contributed by atoms with van der Waals surface area (Å²) < 4.78 is 6.58. The van der Waals surface area contributed by atoms with Crippen LogP contribution < -0.4 is 0 Å². The highest BCUT2D eigenvalue weighted by Gasteiger charge is 2.21. The van der Waals surface area contributed by atoms with Crippen LogP contribution in [-0.2, 0) is 4.74 Å². The lowest BCUT2D eigenvalue weighted by molar-refractivity contribution is 0.0516. The van der Waals surface area contributed by atoms with E-state index in [4.69, 9.17) is 27.9 Å². The summed E-state index contributed by atoms with van der Waals surface area (Å²) >= 11 is 12.1. The number of fused-ring (bicyclic) bond motifs is 1. The van der Waals surface area contributed by atoms with Gasteiger partial charge in [-0.25, -0.2) is 9.31 Å². The van der Waals surface area contributed by atoms with Gasteiger partial charge in [0.05, 0.1) is 33.6 Å². The average Bonchev–Trinajstić information content (AvgIpc) is 2.88. The Morgan fingerprint density at radius 2 is 1.96 bits per heavy atom. The molecule has 8 heteroatoms. The lowest BCUT2D eigenvalue weighted by Crippen LogP contribution is -2.14. The van der Waals surface area contributed by atoms with Crippen LogP contribution in [0.5, 0.6) is 0 Å².